The largest absolute Gasteiger partial charge is 0.484 e. The number of nitrogens with two attached hydrogens (primary N) is 2. The Morgan fingerprint density at radius 1 is 1.23 bits per heavy atom. The van der Waals surface area contributed by atoms with Gasteiger partial charge in [-0.15, -0.1) is 0 Å². The quantitative estimate of drug-likeness (QED) is 0.356. The van der Waals surface area contributed by atoms with Gasteiger partial charge < -0.3 is 21.5 Å². The lowest BCUT2D eigenvalue weighted by molar-refractivity contribution is -0.122. The monoisotopic (exact) mass is 503 g/mol. The molecule has 0 aromatic heterocycles. The van der Waals surface area contributed by atoms with E-state index in [0.29, 0.717) is 24.3 Å². The molecule has 0 saturated carbocycles. The van der Waals surface area contributed by atoms with E-state index in [1.165, 1.54) is 12.2 Å². The molecule has 1 amide bonds. The Bertz CT molecular complexity index is 1150. The standard InChI is InChI=1S/C26H37N3O5S/c1-18(9-10-19-11-13-22(14-12-19)35(31,32)33)29-24(30)17-34-21-8-6-7-20(15-21)23(26(4,5)28)16-25(2,3)27/h6-11,13-15,23H,12,16-17,27-28H2,1-5H3,(H,29,30)(H,31,32,33). The van der Waals surface area contributed by atoms with Gasteiger partial charge in [0.15, 0.2) is 6.61 Å². The molecule has 0 fully saturated rings. The number of hydrogen-bond acceptors (Lipinski definition) is 6. The zero-order chi connectivity index (χ0) is 26.4. The van der Waals surface area contributed by atoms with Crippen LogP contribution in [-0.2, 0) is 14.9 Å². The summed E-state index contributed by atoms with van der Waals surface area (Å²) < 4.78 is 37.0. The third kappa shape index (κ3) is 9.81. The molecule has 1 aliphatic rings. The second-order valence-electron chi connectivity index (χ2n) is 10.2. The Morgan fingerprint density at radius 3 is 2.46 bits per heavy atom. The summed E-state index contributed by atoms with van der Waals surface area (Å²) in [4.78, 5) is 12.2. The molecule has 2 rings (SSSR count). The smallest absolute Gasteiger partial charge is 0.294 e. The Morgan fingerprint density at radius 2 is 1.91 bits per heavy atom. The number of nitrogens with one attached hydrogen (secondary N) is 1. The van der Waals surface area contributed by atoms with Crippen molar-refractivity contribution in [2.24, 2.45) is 11.5 Å². The molecule has 35 heavy (non-hydrogen) atoms. The van der Waals surface area contributed by atoms with Crippen LogP contribution in [0.2, 0.25) is 0 Å². The molecule has 1 aliphatic carbocycles. The van der Waals surface area contributed by atoms with E-state index >= 15 is 0 Å². The average molecular weight is 504 g/mol. The molecule has 0 bridgehead atoms. The minimum absolute atomic E-state index is 0.00957. The van der Waals surface area contributed by atoms with Gasteiger partial charge in [-0.3, -0.25) is 9.35 Å². The highest BCUT2D eigenvalue weighted by molar-refractivity contribution is 7.90. The average Bonchev–Trinajstić information content (AvgIpc) is 2.73. The molecule has 8 nitrogen and oxygen atoms in total. The summed E-state index contributed by atoms with van der Waals surface area (Å²) in [5.74, 6) is 0.267. The van der Waals surface area contributed by atoms with Crippen molar-refractivity contribution >= 4 is 16.0 Å². The third-order valence-corrected chi connectivity index (χ3v) is 6.34. The molecule has 9 heteroatoms. The summed E-state index contributed by atoms with van der Waals surface area (Å²) in [5, 5.41) is 2.76. The summed E-state index contributed by atoms with van der Waals surface area (Å²) >= 11 is 0. The van der Waals surface area contributed by atoms with Gasteiger partial charge in [-0.2, -0.15) is 8.42 Å². The molecule has 1 atom stereocenters. The number of allylic oxidation sites excluding steroid dienone is 7. The molecule has 1 aromatic carbocycles. The first-order valence-electron chi connectivity index (χ1n) is 11.4. The Balaban J connectivity index is 1.97. The topological polar surface area (TPSA) is 145 Å². The van der Waals surface area contributed by atoms with E-state index in [1.54, 1.807) is 31.2 Å². The number of hydrogen-bond donors (Lipinski definition) is 4. The van der Waals surface area contributed by atoms with Crippen molar-refractivity contribution in [1.82, 2.24) is 5.32 Å². The van der Waals surface area contributed by atoms with Gasteiger partial charge in [0.25, 0.3) is 16.0 Å². The fourth-order valence-corrected chi connectivity index (χ4v) is 4.23. The maximum Gasteiger partial charge on any atom is 0.294 e. The van der Waals surface area contributed by atoms with Crippen LogP contribution in [0.4, 0.5) is 0 Å². The van der Waals surface area contributed by atoms with Gasteiger partial charge in [0, 0.05) is 22.7 Å². The van der Waals surface area contributed by atoms with Gasteiger partial charge >= 0.3 is 0 Å². The van der Waals surface area contributed by atoms with E-state index in [4.69, 9.17) is 20.8 Å². The van der Waals surface area contributed by atoms with Crippen molar-refractivity contribution in [2.45, 2.75) is 64.5 Å². The van der Waals surface area contributed by atoms with Crippen LogP contribution in [-0.4, -0.2) is 36.6 Å². The number of carbonyl (C=O) groups is 1. The van der Waals surface area contributed by atoms with Gasteiger partial charge in [0.2, 0.25) is 0 Å². The molecule has 192 valence electrons. The van der Waals surface area contributed by atoms with Crippen molar-refractivity contribution in [3.63, 3.8) is 0 Å². The Hall–Kier alpha value is -2.72. The summed E-state index contributed by atoms with van der Waals surface area (Å²) in [6, 6.07) is 7.56. The number of rotatable bonds is 10. The van der Waals surface area contributed by atoms with Crippen LogP contribution >= 0.6 is 0 Å². The molecular weight excluding hydrogens is 466 g/mol. The van der Waals surface area contributed by atoms with Gasteiger partial charge in [-0.25, -0.2) is 0 Å². The van der Waals surface area contributed by atoms with Gasteiger partial charge in [-0.05, 0) is 82.9 Å². The van der Waals surface area contributed by atoms with Crippen molar-refractivity contribution in [2.75, 3.05) is 6.61 Å². The molecule has 0 spiro atoms. The first kappa shape index (κ1) is 28.5. The molecule has 1 aromatic rings. The summed E-state index contributed by atoms with van der Waals surface area (Å²) in [6.45, 7) is 9.47. The molecule has 1 unspecified atom stereocenters. The zero-order valence-corrected chi connectivity index (χ0v) is 21.9. The first-order chi connectivity index (χ1) is 16.0. The fraction of sp³-hybridized carbons (Fsp3) is 0.423. The van der Waals surface area contributed by atoms with Crippen LogP contribution in [0.25, 0.3) is 0 Å². The summed E-state index contributed by atoms with van der Waals surface area (Å²) in [6.07, 6.45) is 8.89. The van der Waals surface area contributed by atoms with Crippen LogP contribution < -0.4 is 21.5 Å². The minimum Gasteiger partial charge on any atom is -0.484 e. The van der Waals surface area contributed by atoms with Crippen molar-refractivity contribution < 1.29 is 22.5 Å². The number of ether oxygens (including phenoxy) is 1. The maximum atomic E-state index is 12.3. The fourth-order valence-electron chi connectivity index (χ4n) is 3.69. The van der Waals surface area contributed by atoms with E-state index in [9.17, 15) is 13.2 Å². The lowest BCUT2D eigenvalue weighted by Gasteiger charge is -2.36. The molecule has 0 aliphatic heterocycles. The SMILES string of the molecule is CC(=CC=C1C=CC(S(=O)(=O)O)=CC1)NC(=O)COc1cccc(C(CC(C)(C)N)C(C)(C)N)c1. The summed E-state index contributed by atoms with van der Waals surface area (Å²) in [7, 11) is -4.20. The highest BCUT2D eigenvalue weighted by Crippen LogP contribution is 2.34. The maximum absolute atomic E-state index is 12.3. The second kappa shape index (κ2) is 11.3. The molecule has 0 radical (unpaired) electrons. The van der Waals surface area contributed by atoms with Crippen LogP contribution in [0.3, 0.4) is 0 Å². The van der Waals surface area contributed by atoms with Crippen LogP contribution in [0.1, 0.15) is 58.9 Å². The second-order valence-corrected chi connectivity index (χ2v) is 11.6. The third-order valence-electron chi connectivity index (χ3n) is 5.44. The van der Waals surface area contributed by atoms with Gasteiger partial charge in [0.05, 0.1) is 4.91 Å². The van der Waals surface area contributed by atoms with E-state index < -0.39 is 15.7 Å². The molecular formula is C26H37N3O5S. The Labute approximate surface area is 208 Å². The van der Waals surface area contributed by atoms with Crippen LogP contribution in [0.15, 0.2) is 70.8 Å². The van der Waals surface area contributed by atoms with Gasteiger partial charge in [0.1, 0.15) is 5.75 Å². The van der Waals surface area contributed by atoms with E-state index in [-0.39, 0.29) is 28.9 Å². The predicted octanol–water partition coefficient (Wildman–Crippen LogP) is 3.69. The van der Waals surface area contributed by atoms with Crippen molar-refractivity contribution in [3.05, 3.63) is 76.4 Å². The minimum atomic E-state index is -4.20. The van der Waals surface area contributed by atoms with E-state index in [2.05, 4.69) is 5.32 Å². The molecule has 0 heterocycles. The molecule has 6 N–H and O–H groups in total. The van der Waals surface area contributed by atoms with Gasteiger partial charge in [-0.1, -0.05) is 30.4 Å². The van der Waals surface area contributed by atoms with Crippen LogP contribution in [0, 0.1) is 0 Å². The molecule has 0 saturated heterocycles. The number of amides is 1. The van der Waals surface area contributed by atoms with Crippen molar-refractivity contribution in [1.29, 1.82) is 0 Å². The highest BCUT2D eigenvalue weighted by Gasteiger charge is 2.31. The van der Waals surface area contributed by atoms with Crippen molar-refractivity contribution in [3.8, 4) is 5.75 Å². The lowest BCUT2D eigenvalue weighted by atomic mass is 9.75. The lowest BCUT2D eigenvalue weighted by Crippen LogP contribution is -2.45. The van der Waals surface area contributed by atoms with E-state index in [0.717, 1.165) is 11.1 Å². The summed E-state index contributed by atoms with van der Waals surface area (Å²) in [5.41, 5.74) is 14.3. The number of benzene rings is 1. The highest BCUT2D eigenvalue weighted by atomic mass is 32.2. The van der Waals surface area contributed by atoms with Crippen LogP contribution in [0.5, 0.6) is 5.75 Å². The predicted molar refractivity (Wildman–Crippen MR) is 139 cm³/mol. The normalized spacial score (nSPS) is 17.2. The number of carbonyl (C=O) groups excluding carboxylic acids is 1. The van der Waals surface area contributed by atoms with E-state index in [1.807, 2.05) is 45.9 Å². The first-order valence-corrected chi connectivity index (χ1v) is 12.8. The zero-order valence-electron chi connectivity index (χ0n) is 21.0. The Kier molecular flexibility index (Phi) is 9.24.